The first-order valence-electron chi connectivity index (χ1n) is 7.46. The summed E-state index contributed by atoms with van der Waals surface area (Å²) in [7, 11) is -3.64. The average Bonchev–Trinajstić information content (AvgIpc) is 2.93. The van der Waals surface area contributed by atoms with Crippen LogP contribution in [0.5, 0.6) is 0 Å². The maximum absolute atomic E-state index is 12.9. The predicted molar refractivity (Wildman–Crippen MR) is 99.4 cm³/mol. The van der Waals surface area contributed by atoms with Crippen LogP contribution in [-0.2, 0) is 10.0 Å². The van der Waals surface area contributed by atoms with E-state index in [1.165, 1.54) is 4.31 Å². The van der Waals surface area contributed by atoms with Crippen molar-refractivity contribution in [3.8, 4) is 0 Å². The van der Waals surface area contributed by atoms with Gasteiger partial charge in [0.2, 0.25) is 10.0 Å². The molecule has 3 rings (SSSR count). The van der Waals surface area contributed by atoms with E-state index in [9.17, 15) is 8.42 Å². The zero-order valence-electron chi connectivity index (χ0n) is 13.2. The quantitative estimate of drug-likeness (QED) is 0.880. The molecule has 0 radical (unpaired) electrons. The van der Waals surface area contributed by atoms with Crippen molar-refractivity contribution in [2.75, 3.05) is 13.1 Å². The van der Waals surface area contributed by atoms with Crippen molar-refractivity contribution in [3.63, 3.8) is 0 Å². The summed E-state index contributed by atoms with van der Waals surface area (Å²) >= 11 is 6.11. The van der Waals surface area contributed by atoms with Crippen molar-refractivity contribution >= 4 is 34.0 Å². The van der Waals surface area contributed by atoms with Crippen molar-refractivity contribution in [2.24, 2.45) is 5.73 Å². The smallest absolute Gasteiger partial charge is 0.244 e. The van der Waals surface area contributed by atoms with Gasteiger partial charge in [0.1, 0.15) is 4.90 Å². The Morgan fingerprint density at radius 3 is 2.46 bits per heavy atom. The second-order valence-corrected chi connectivity index (χ2v) is 8.25. The Bertz CT molecular complexity index is 813. The summed E-state index contributed by atoms with van der Waals surface area (Å²) < 4.78 is 27.3. The molecular formula is C17H20Cl2N2O2S. The molecule has 1 aliphatic heterocycles. The molecule has 0 aromatic heterocycles. The third-order valence-corrected chi connectivity index (χ3v) is 6.58. The highest BCUT2D eigenvalue weighted by molar-refractivity contribution is 7.89. The SMILES string of the molecule is Cc1ccc(Cl)c(S(=O)(=O)N2C[C@@H](N)[C@H](c3ccccc3)C2)c1.Cl. The van der Waals surface area contributed by atoms with Gasteiger partial charge in [0.05, 0.1) is 5.02 Å². The average molecular weight is 387 g/mol. The van der Waals surface area contributed by atoms with Gasteiger partial charge in [-0.2, -0.15) is 4.31 Å². The standard InChI is InChI=1S/C17H19ClN2O2S.ClH/c1-12-7-8-15(18)17(9-12)23(21,22)20-10-14(16(19)11-20)13-5-3-2-4-6-13;/h2-9,14,16H,10-11,19H2,1H3;1H/t14-,16+;/m0./s1. The second-order valence-electron chi connectivity index (χ2n) is 5.94. The molecule has 7 heteroatoms. The largest absolute Gasteiger partial charge is 0.326 e. The number of hydrogen-bond donors (Lipinski definition) is 1. The highest BCUT2D eigenvalue weighted by atomic mass is 35.5. The Balaban J connectivity index is 0.00000208. The fourth-order valence-electron chi connectivity index (χ4n) is 2.99. The van der Waals surface area contributed by atoms with Crippen LogP contribution in [0.3, 0.4) is 0 Å². The predicted octanol–water partition coefficient (Wildman–Crippen LogP) is 3.19. The number of rotatable bonds is 3. The lowest BCUT2D eigenvalue weighted by Crippen LogP contribution is -2.32. The number of benzene rings is 2. The third kappa shape index (κ3) is 3.60. The molecule has 0 unspecified atom stereocenters. The van der Waals surface area contributed by atoms with Crippen LogP contribution < -0.4 is 5.73 Å². The van der Waals surface area contributed by atoms with E-state index in [4.69, 9.17) is 17.3 Å². The molecule has 4 nitrogen and oxygen atoms in total. The van der Waals surface area contributed by atoms with Crippen LogP contribution in [0.4, 0.5) is 0 Å². The van der Waals surface area contributed by atoms with Crippen molar-refractivity contribution in [1.29, 1.82) is 0 Å². The fraction of sp³-hybridized carbons (Fsp3) is 0.294. The maximum Gasteiger partial charge on any atom is 0.244 e. The third-order valence-electron chi connectivity index (χ3n) is 4.26. The Morgan fingerprint density at radius 1 is 1.12 bits per heavy atom. The zero-order valence-corrected chi connectivity index (χ0v) is 15.6. The van der Waals surface area contributed by atoms with Crippen LogP contribution in [0.1, 0.15) is 17.0 Å². The summed E-state index contributed by atoms with van der Waals surface area (Å²) in [4.78, 5) is 0.153. The molecule has 2 N–H and O–H groups in total. The van der Waals surface area contributed by atoms with Crippen LogP contribution in [-0.4, -0.2) is 31.9 Å². The van der Waals surface area contributed by atoms with E-state index in [0.717, 1.165) is 11.1 Å². The van der Waals surface area contributed by atoms with Crippen LogP contribution >= 0.6 is 24.0 Å². The van der Waals surface area contributed by atoms with Crippen LogP contribution in [0.15, 0.2) is 53.4 Å². The molecule has 24 heavy (non-hydrogen) atoms. The van der Waals surface area contributed by atoms with Crippen LogP contribution in [0.25, 0.3) is 0 Å². The van der Waals surface area contributed by atoms with E-state index in [1.54, 1.807) is 18.2 Å². The van der Waals surface area contributed by atoms with E-state index >= 15 is 0 Å². The summed E-state index contributed by atoms with van der Waals surface area (Å²) in [6, 6.07) is 14.6. The second kappa shape index (κ2) is 7.42. The Kier molecular flexibility index (Phi) is 5.94. The summed E-state index contributed by atoms with van der Waals surface area (Å²) in [6.45, 7) is 2.52. The molecule has 0 saturated carbocycles. The van der Waals surface area contributed by atoms with Gasteiger partial charge in [0.25, 0.3) is 0 Å². The molecule has 1 heterocycles. The van der Waals surface area contributed by atoms with Gasteiger partial charge in [-0.3, -0.25) is 0 Å². The minimum absolute atomic E-state index is 0. The number of hydrogen-bond acceptors (Lipinski definition) is 3. The van der Waals surface area contributed by atoms with Crippen LogP contribution in [0.2, 0.25) is 5.02 Å². The van der Waals surface area contributed by atoms with Crippen LogP contribution in [0, 0.1) is 6.92 Å². The molecule has 0 spiro atoms. The molecule has 130 valence electrons. The molecule has 2 aromatic carbocycles. The Hall–Kier alpha value is -1.11. The number of aryl methyl sites for hydroxylation is 1. The van der Waals surface area contributed by atoms with Gasteiger partial charge in [-0.05, 0) is 30.2 Å². The number of sulfonamides is 1. The lowest BCUT2D eigenvalue weighted by molar-refractivity contribution is 0.470. The lowest BCUT2D eigenvalue weighted by Gasteiger charge is -2.18. The van der Waals surface area contributed by atoms with Gasteiger partial charge < -0.3 is 5.73 Å². The number of nitrogens with zero attached hydrogens (tertiary/aromatic N) is 1. The first-order valence-corrected chi connectivity index (χ1v) is 9.28. The van der Waals surface area contributed by atoms with E-state index in [2.05, 4.69) is 0 Å². The lowest BCUT2D eigenvalue weighted by atomic mass is 9.95. The number of nitrogens with two attached hydrogens (primary N) is 1. The molecule has 0 aliphatic carbocycles. The Labute approximate surface area is 154 Å². The topological polar surface area (TPSA) is 63.4 Å². The summed E-state index contributed by atoms with van der Waals surface area (Å²) in [5.74, 6) is -0.00504. The minimum Gasteiger partial charge on any atom is -0.326 e. The fourth-order valence-corrected chi connectivity index (χ4v) is 5.05. The molecule has 2 aromatic rings. The molecule has 0 bridgehead atoms. The van der Waals surface area contributed by atoms with E-state index in [-0.39, 0.29) is 34.3 Å². The first-order chi connectivity index (χ1) is 10.9. The van der Waals surface area contributed by atoms with E-state index in [0.29, 0.717) is 13.1 Å². The summed E-state index contributed by atoms with van der Waals surface area (Å²) in [5, 5.41) is 0.243. The molecule has 0 amide bonds. The van der Waals surface area contributed by atoms with Crippen molar-refractivity contribution in [2.45, 2.75) is 23.8 Å². The van der Waals surface area contributed by atoms with Gasteiger partial charge in [0.15, 0.2) is 0 Å². The van der Waals surface area contributed by atoms with Crippen molar-refractivity contribution < 1.29 is 8.42 Å². The first kappa shape index (κ1) is 19.2. The van der Waals surface area contributed by atoms with Crippen molar-refractivity contribution in [1.82, 2.24) is 4.31 Å². The molecule has 1 saturated heterocycles. The minimum atomic E-state index is -3.64. The van der Waals surface area contributed by atoms with E-state index < -0.39 is 10.0 Å². The van der Waals surface area contributed by atoms with E-state index in [1.807, 2.05) is 37.3 Å². The highest BCUT2D eigenvalue weighted by Crippen LogP contribution is 2.33. The van der Waals surface area contributed by atoms with Gasteiger partial charge in [0, 0.05) is 25.0 Å². The summed E-state index contributed by atoms with van der Waals surface area (Å²) in [5.41, 5.74) is 8.13. The summed E-state index contributed by atoms with van der Waals surface area (Å²) in [6.07, 6.45) is 0. The molecule has 2 atom stereocenters. The molecular weight excluding hydrogens is 367 g/mol. The maximum atomic E-state index is 12.9. The normalized spacial score (nSPS) is 21.5. The molecule has 1 fully saturated rings. The van der Waals surface area contributed by atoms with Crippen molar-refractivity contribution in [3.05, 3.63) is 64.7 Å². The highest BCUT2D eigenvalue weighted by Gasteiger charge is 2.39. The van der Waals surface area contributed by atoms with Gasteiger partial charge in [-0.25, -0.2) is 8.42 Å². The van der Waals surface area contributed by atoms with Gasteiger partial charge >= 0.3 is 0 Å². The Morgan fingerprint density at radius 2 is 1.79 bits per heavy atom. The zero-order chi connectivity index (χ0) is 16.6. The number of halogens is 2. The van der Waals surface area contributed by atoms with Gasteiger partial charge in [-0.15, -0.1) is 12.4 Å². The molecule has 1 aliphatic rings. The monoisotopic (exact) mass is 386 g/mol. The van der Waals surface area contributed by atoms with Gasteiger partial charge in [-0.1, -0.05) is 48.0 Å².